The molecule has 1 N–H and O–H groups in total. The highest BCUT2D eigenvalue weighted by atomic mass is 16.3. The van der Waals surface area contributed by atoms with Crippen LogP contribution in [0.1, 0.15) is 41.5 Å². The molecule has 0 amide bonds. The summed E-state index contributed by atoms with van der Waals surface area (Å²) in [5.41, 5.74) is 4.96. The van der Waals surface area contributed by atoms with Crippen molar-refractivity contribution in [2.45, 2.75) is 45.8 Å². The molecule has 130 valence electrons. The van der Waals surface area contributed by atoms with Crippen LogP contribution >= 0.6 is 0 Å². The molecule has 0 unspecified atom stereocenters. The van der Waals surface area contributed by atoms with Crippen LogP contribution in [0.25, 0.3) is 0 Å². The first kappa shape index (κ1) is 16.3. The third kappa shape index (κ3) is 2.58. The average Bonchev–Trinajstić information content (AvgIpc) is 2.89. The lowest BCUT2D eigenvalue weighted by molar-refractivity contribution is -0.661. The van der Waals surface area contributed by atoms with E-state index >= 15 is 0 Å². The highest BCUT2D eigenvalue weighted by Gasteiger charge is 2.53. The minimum Gasteiger partial charge on any atom is -0.346 e. The number of rotatable bonds is 2. The van der Waals surface area contributed by atoms with Crippen molar-refractivity contribution in [3.05, 3.63) is 64.7 Å². The van der Waals surface area contributed by atoms with Crippen molar-refractivity contribution < 1.29 is 9.68 Å². The Labute approximate surface area is 150 Å². The fourth-order valence-corrected chi connectivity index (χ4v) is 4.48. The molecule has 2 aromatic carbocycles. The van der Waals surface area contributed by atoms with Gasteiger partial charge in [-0.25, -0.2) is 9.48 Å². The molecular formula is C22H27N2O+. The number of benzene rings is 2. The summed E-state index contributed by atoms with van der Waals surface area (Å²) in [4.78, 5) is 2.34. The van der Waals surface area contributed by atoms with E-state index in [1.54, 1.807) is 0 Å². The predicted octanol–water partition coefficient (Wildman–Crippen LogP) is 3.87. The maximum atomic E-state index is 11.8. The van der Waals surface area contributed by atoms with Gasteiger partial charge in [0.2, 0.25) is 0 Å². The lowest BCUT2D eigenvalue weighted by atomic mass is 9.95. The number of aryl methyl sites for hydroxylation is 3. The molecule has 0 aliphatic carbocycles. The lowest BCUT2D eigenvalue weighted by Crippen LogP contribution is -2.42. The molecule has 0 aromatic heterocycles. The van der Waals surface area contributed by atoms with E-state index in [0.717, 1.165) is 24.9 Å². The quantitative estimate of drug-likeness (QED) is 0.843. The molecule has 0 radical (unpaired) electrons. The Morgan fingerprint density at radius 2 is 1.80 bits per heavy atom. The van der Waals surface area contributed by atoms with Gasteiger partial charge in [0.25, 0.3) is 11.6 Å². The van der Waals surface area contributed by atoms with Gasteiger partial charge in [-0.1, -0.05) is 42.0 Å². The van der Waals surface area contributed by atoms with Gasteiger partial charge >= 0.3 is 0 Å². The number of para-hydroxylation sites is 1. The van der Waals surface area contributed by atoms with Crippen LogP contribution in [0, 0.1) is 20.8 Å². The topological polar surface area (TPSA) is 26.5 Å². The molecule has 0 saturated carbocycles. The molecule has 0 spiro atoms. The van der Waals surface area contributed by atoms with Gasteiger partial charge in [-0.2, -0.15) is 0 Å². The molecule has 2 heterocycles. The van der Waals surface area contributed by atoms with E-state index in [1.165, 1.54) is 34.6 Å². The summed E-state index contributed by atoms with van der Waals surface area (Å²) in [6.45, 7) is 7.88. The minimum atomic E-state index is -0.949. The molecule has 4 rings (SSSR count). The summed E-state index contributed by atoms with van der Waals surface area (Å²) in [5, 5.41) is 11.8. The molecule has 2 aliphatic heterocycles. The van der Waals surface area contributed by atoms with Crippen LogP contribution in [0.2, 0.25) is 0 Å². The maximum Gasteiger partial charge on any atom is 0.271 e. The first-order valence-corrected chi connectivity index (χ1v) is 9.27. The molecule has 1 atom stereocenters. The lowest BCUT2D eigenvalue weighted by Gasteiger charge is -2.26. The second kappa shape index (κ2) is 5.99. The van der Waals surface area contributed by atoms with Crippen LogP contribution in [-0.4, -0.2) is 28.6 Å². The van der Waals surface area contributed by atoms with Gasteiger partial charge in [0.05, 0.1) is 6.54 Å². The minimum absolute atomic E-state index is 0.594. The van der Waals surface area contributed by atoms with E-state index < -0.39 is 5.72 Å². The smallest absolute Gasteiger partial charge is 0.271 e. The Bertz CT molecular complexity index is 855. The maximum absolute atomic E-state index is 11.8. The summed E-state index contributed by atoms with van der Waals surface area (Å²) < 4.78 is 2.25. The van der Waals surface area contributed by atoms with Gasteiger partial charge in [0, 0.05) is 12.0 Å². The predicted molar refractivity (Wildman–Crippen MR) is 102 cm³/mol. The van der Waals surface area contributed by atoms with Crippen LogP contribution < -0.4 is 4.90 Å². The summed E-state index contributed by atoms with van der Waals surface area (Å²) in [6.07, 6.45) is 3.36. The number of nitrogens with zero attached hydrogens (tertiary/aromatic N) is 2. The monoisotopic (exact) mass is 335 g/mol. The molecule has 2 aromatic rings. The van der Waals surface area contributed by atoms with Crippen LogP contribution in [0.4, 0.5) is 5.69 Å². The number of hydrogen-bond acceptors (Lipinski definition) is 2. The van der Waals surface area contributed by atoms with Crippen molar-refractivity contribution in [2.75, 3.05) is 18.0 Å². The van der Waals surface area contributed by atoms with Crippen molar-refractivity contribution in [3.63, 3.8) is 0 Å². The summed E-state index contributed by atoms with van der Waals surface area (Å²) >= 11 is 0. The van der Waals surface area contributed by atoms with Crippen LogP contribution in [0.15, 0.2) is 42.5 Å². The van der Waals surface area contributed by atoms with E-state index in [0.29, 0.717) is 6.54 Å². The summed E-state index contributed by atoms with van der Waals surface area (Å²) in [6, 6.07) is 14.9. The summed E-state index contributed by atoms with van der Waals surface area (Å²) in [5.74, 6) is 1.27. The van der Waals surface area contributed by atoms with Crippen LogP contribution in [-0.2, 0) is 5.72 Å². The molecule has 3 heteroatoms. The van der Waals surface area contributed by atoms with E-state index in [4.69, 9.17) is 0 Å². The molecular weight excluding hydrogens is 308 g/mol. The zero-order valence-corrected chi connectivity index (χ0v) is 15.4. The number of aliphatic hydroxyl groups is 1. The van der Waals surface area contributed by atoms with E-state index in [-0.39, 0.29) is 0 Å². The zero-order valence-electron chi connectivity index (χ0n) is 15.4. The molecule has 2 aliphatic rings. The third-order valence-corrected chi connectivity index (χ3v) is 5.70. The number of hydrogen-bond donors (Lipinski definition) is 1. The van der Waals surface area contributed by atoms with Gasteiger partial charge in [-0.3, -0.25) is 0 Å². The Kier molecular flexibility index (Phi) is 3.92. The number of anilines is 1. The van der Waals surface area contributed by atoms with Crippen LogP contribution in [0.5, 0.6) is 0 Å². The van der Waals surface area contributed by atoms with E-state index in [1.807, 2.05) is 0 Å². The standard InChI is InChI=1S/C22H27N2O/c1-16-11-12-19(18(3)14-16)22(25)15-23(20-9-5-4-8-17(20)2)21-10-6-7-13-24(21)22/h4-5,8-9,11-12,14,25H,6-7,10,13,15H2,1-3H3/q+1/t22-/m0/s1. The van der Waals surface area contributed by atoms with Crippen LogP contribution in [0.3, 0.4) is 0 Å². The zero-order chi connectivity index (χ0) is 17.6. The molecule has 3 nitrogen and oxygen atoms in total. The van der Waals surface area contributed by atoms with Crippen molar-refractivity contribution in [1.29, 1.82) is 0 Å². The van der Waals surface area contributed by atoms with Gasteiger partial charge in [-0.15, -0.1) is 0 Å². The molecule has 0 saturated heterocycles. The molecule has 0 bridgehead atoms. The first-order chi connectivity index (χ1) is 12.0. The average molecular weight is 335 g/mol. The third-order valence-electron chi connectivity index (χ3n) is 5.70. The Hall–Kier alpha value is -2.13. The fourth-order valence-electron chi connectivity index (χ4n) is 4.48. The van der Waals surface area contributed by atoms with E-state index in [9.17, 15) is 5.11 Å². The van der Waals surface area contributed by atoms with E-state index in [2.05, 4.69) is 72.7 Å². The SMILES string of the molecule is Cc1ccc([C@@]2(O)CN(c3ccccc3C)C3=[N+]2CCCC3)c(C)c1. The Morgan fingerprint density at radius 1 is 1.00 bits per heavy atom. The Balaban J connectivity index is 1.85. The fraction of sp³-hybridized carbons (Fsp3) is 0.409. The summed E-state index contributed by atoms with van der Waals surface area (Å²) in [7, 11) is 0. The van der Waals surface area contributed by atoms with Crippen molar-refractivity contribution >= 4 is 11.5 Å². The number of amidine groups is 1. The normalized spacial score (nSPS) is 23.1. The van der Waals surface area contributed by atoms with Gasteiger partial charge in [0.1, 0.15) is 5.69 Å². The molecule has 25 heavy (non-hydrogen) atoms. The highest BCUT2D eigenvalue weighted by molar-refractivity contribution is 5.96. The van der Waals surface area contributed by atoms with Crippen molar-refractivity contribution in [2.24, 2.45) is 0 Å². The van der Waals surface area contributed by atoms with Crippen molar-refractivity contribution in [3.8, 4) is 0 Å². The first-order valence-electron chi connectivity index (χ1n) is 9.27. The highest BCUT2D eigenvalue weighted by Crippen LogP contribution is 2.37. The Morgan fingerprint density at radius 3 is 2.56 bits per heavy atom. The van der Waals surface area contributed by atoms with Gasteiger partial charge in [0.15, 0.2) is 6.54 Å². The largest absolute Gasteiger partial charge is 0.346 e. The second-order valence-electron chi connectivity index (χ2n) is 7.53. The number of β-amino-alcohol motifs (C(OH)–C–C–N with tert-alkyl or cyclic N) is 1. The van der Waals surface area contributed by atoms with Gasteiger partial charge in [-0.05, 0) is 50.8 Å². The second-order valence-corrected chi connectivity index (χ2v) is 7.53. The molecule has 0 fully saturated rings. The van der Waals surface area contributed by atoms with Gasteiger partial charge < -0.3 is 5.11 Å². The van der Waals surface area contributed by atoms with Crippen molar-refractivity contribution in [1.82, 2.24) is 0 Å².